The molecule has 0 radical (unpaired) electrons. The summed E-state index contributed by atoms with van der Waals surface area (Å²) in [4.78, 5) is 18.7. The smallest absolute Gasteiger partial charge is 0.248 e. The van der Waals surface area contributed by atoms with Crippen molar-refractivity contribution in [3.05, 3.63) is 59.2 Å². The van der Waals surface area contributed by atoms with Crippen molar-refractivity contribution >= 4 is 23.6 Å². The number of hydrogen-bond acceptors (Lipinski definition) is 3. The average molecular weight is 345 g/mol. The van der Waals surface area contributed by atoms with E-state index in [1.807, 2.05) is 18.5 Å². The molecule has 0 bridgehead atoms. The first-order chi connectivity index (χ1) is 12.7. The Morgan fingerprint density at radius 2 is 1.85 bits per heavy atom. The second-order valence-corrected chi connectivity index (χ2v) is 7.72. The second kappa shape index (κ2) is 5.97. The Morgan fingerprint density at radius 1 is 1.04 bits per heavy atom. The Bertz CT molecular complexity index is 898. The number of anilines is 1. The summed E-state index contributed by atoms with van der Waals surface area (Å²) in [6, 6.07) is 14.7. The van der Waals surface area contributed by atoms with Crippen LogP contribution in [0.2, 0.25) is 0 Å². The summed E-state index contributed by atoms with van der Waals surface area (Å²) in [6.45, 7) is 0. The van der Waals surface area contributed by atoms with Gasteiger partial charge in [0.05, 0.1) is 18.1 Å². The maximum absolute atomic E-state index is 11.7. The van der Waals surface area contributed by atoms with E-state index in [1.165, 1.54) is 43.2 Å². The molecule has 0 aromatic heterocycles. The van der Waals surface area contributed by atoms with E-state index in [9.17, 15) is 4.79 Å². The van der Waals surface area contributed by atoms with Crippen LogP contribution in [0.5, 0.6) is 0 Å². The highest BCUT2D eigenvalue weighted by molar-refractivity contribution is 5.97. The summed E-state index contributed by atoms with van der Waals surface area (Å²) in [5.74, 6) is 0.747. The topological polar surface area (TPSA) is 58.7 Å². The van der Waals surface area contributed by atoms with Crippen LogP contribution in [-0.2, 0) is 0 Å². The first-order valence-electron chi connectivity index (χ1n) is 9.59. The van der Waals surface area contributed by atoms with Gasteiger partial charge in [-0.15, -0.1) is 0 Å². The molecule has 2 atom stereocenters. The van der Waals surface area contributed by atoms with Gasteiger partial charge < -0.3 is 10.6 Å². The van der Waals surface area contributed by atoms with Crippen LogP contribution in [0.15, 0.2) is 47.5 Å². The molecule has 2 aromatic carbocycles. The molecule has 132 valence electrons. The Kier molecular flexibility index (Phi) is 3.59. The summed E-state index contributed by atoms with van der Waals surface area (Å²) in [5, 5.41) is 0. The van der Waals surface area contributed by atoms with Gasteiger partial charge in [-0.25, -0.2) is 4.99 Å². The molecule has 2 N–H and O–H groups in total. The summed E-state index contributed by atoms with van der Waals surface area (Å²) < 4.78 is 0. The zero-order chi connectivity index (χ0) is 17.7. The lowest BCUT2D eigenvalue weighted by Gasteiger charge is -2.36. The number of hydrogen-bond donors (Lipinski definition) is 1. The Morgan fingerprint density at radius 3 is 2.65 bits per heavy atom. The van der Waals surface area contributed by atoms with Crippen molar-refractivity contribution in [2.45, 2.75) is 44.1 Å². The number of primary amides is 1. The molecular weight excluding hydrogens is 322 g/mol. The third-order valence-corrected chi connectivity index (χ3v) is 6.33. The van der Waals surface area contributed by atoms with E-state index in [1.54, 1.807) is 0 Å². The molecule has 0 spiro atoms. The van der Waals surface area contributed by atoms with Gasteiger partial charge in [-0.1, -0.05) is 43.5 Å². The molecule has 5 rings (SSSR count). The number of carbonyl (C=O) groups excluding carboxylic acids is 1. The summed E-state index contributed by atoms with van der Waals surface area (Å²) in [7, 11) is 0. The van der Waals surface area contributed by atoms with Crippen molar-refractivity contribution < 1.29 is 4.79 Å². The van der Waals surface area contributed by atoms with Crippen LogP contribution < -0.4 is 10.6 Å². The Hall–Kier alpha value is -2.62. The molecule has 26 heavy (non-hydrogen) atoms. The Labute approximate surface area is 153 Å². The number of para-hydroxylation sites is 1. The predicted octanol–water partition coefficient (Wildman–Crippen LogP) is 4.68. The second-order valence-electron chi connectivity index (χ2n) is 7.72. The number of nitrogens with two attached hydrogens (primary N) is 1. The van der Waals surface area contributed by atoms with E-state index in [4.69, 9.17) is 5.73 Å². The lowest BCUT2D eigenvalue weighted by atomic mass is 9.73. The molecule has 2 heterocycles. The van der Waals surface area contributed by atoms with Crippen LogP contribution in [0, 0.1) is 5.92 Å². The number of aliphatic imine (C=N–C) groups is 1. The third-order valence-electron chi connectivity index (χ3n) is 6.33. The van der Waals surface area contributed by atoms with Gasteiger partial charge in [-0.2, -0.15) is 0 Å². The van der Waals surface area contributed by atoms with E-state index in [0.29, 0.717) is 17.4 Å². The molecule has 1 amide bonds. The van der Waals surface area contributed by atoms with Crippen molar-refractivity contribution in [1.82, 2.24) is 0 Å². The third kappa shape index (κ3) is 2.28. The van der Waals surface area contributed by atoms with Gasteiger partial charge in [-0.3, -0.25) is 4.79 Å². The fourth-order valence-electron chi connectivity index (χ4n) is 5.16. The molecule has 0 saturated heterocycles. The van der Waals surface area contributed by atoms with Gasteiger partial charge in [0.1, 0.15) is 0 Å². The van der Waals surface area contributed by atoms with Gasteiger partial charge in [0, 0.05) is 22.7 Å². The molecule has 1 saturated carbocycles. The molecule has 2 aliphatic heterocycles. The van der Waals surface area contributed by atoms with E-state index in [-0.39, 0.29) is 11.9 Å². The highest BCUT2D eigenvalue weighted by atomic mass is 16.1. The zero-order valence-electron chi connectivity index (χ0n) is 14.8. The van der Waals surface area contributed by atoms with Crippen LogP contribution in [0.1, 0.15) is 65.5 Å². The summed E-state index contributed by atoms with van der Waals surface area (Å²) in [5.41, 5.74) is 10.9. The minimum atomic E-state index is -0.375. The van der Waals surface area contributed by atoms with Crippen LogP contribution in [-0.4, -0.2) is 12.2 Å². The largest absolute Gasteiger partial charge is 0.366 e. The van der Waals surface area contributed by atoms with Gasteiger partial charge >= 0.3 is 0 Å². The van der Waals surface area contributed by atoms with E-state index >= 15 is 0 Å². The van der Waals surface area contributed by atoms with E-state index < -0.39 is 0 Å². The molecule has 2 unspecified atom stereocenters. The maximum atomic E-state index is 11.7. The zero-order valence-corrected chi connectivity index (χ0v) is 14.8. The summed E-state index contributed by atoms with van der Waals surface area (Å²) >= 11 is 0. The molecule has 4 nitrogen and oxygen atoms in total. The summed E-state index contributed by atoms with van der Waals surface area (Å²) in [6.07, 6.45) is 8.50. The first kappa shape index (κ1) is 15.6. The number of carbonyl (C=O) groups is 1. The van der Waals surface area contributed by atoms with E-state index in [0.717, 1.165) is 11.4 Å². The molecular formula is C22H23N3O. The number of benzene rings is 2. The van der Waals surface area contributed by atoms with Gasteiger partial charge in [0.15, 0.2) is 0 Å². The first-order valence-corrected chi connectivity index (χ1v) is 9.59. The van der Waals surface area contributed by atoms with Crippen molar-refractivity contribution in [1.29, 1.82) is 0 Å². The number of amides is 1. The van der Waals surface area contributed by atoms with E-state index in [2.05, 4.69) is 40.2 Å². The van der Waals surface area contributed by atoms with Crippen molar-refractivity contribution in [2.75, 3.05) is 4.90 Å². The SMILES string of the molecule is NC(=O)c1ccc2c(c1)N1C=Nc3ccccc3C1C2C1CCCCC1. The van der Waals surface area contributed by atoms with Crippen LogP contribution in [0.3, 0.4) is 0 Å². The Balaban J connectivity index is 1.67. The quantitative estimate of drug-likeness (QED) is 0.859. The lowest BCUT2D eigenvalue weighted by molar-refractivity contribution is 0.100. The van der Waals surface area contributed by atoms with Crippen molar-refractivity contribution in [3.63, 3.8) is 0 Å². The minimum absolute atomic E-state index is 0.268. The normalized spacial score (nSPS) is 24.1. The van der Waals surface area contributed by atoms with Crippen LogP contribution >= 0.6 is 0 Å². The number of fused-ring (bicyclic) bond motifs is 5. The lowest BCUT2D eigenvalue weighted by Crippen LogP contribution is -2.31. The molecule has 1 fully saturated rings. The average Bonchev–Trinajstić information content (AvgIpc) is 3.02. The maximum Gasteiger partial charge on any atom is 0.248 e. The molecule has 2 aromatic rings. The van der Waals surface area contributed by atoms with Gasteiger partial charge in [0.25, 0.3) is 0 Å². The minimum Gasteiger partial charge on any atom is -0.366 e. The number of nitrogens with zero attached hydrogens (tertiary/aromatic N) is 2. The van der Waals surface area contributed by atoms with Crippen LogP contribution in [0.25, 0.3) is 0 Å². The van der Waals surface area contributed by atoms with Crippen molar-refractivity contribution in [3.8, 4) is 0 Å². The fraction of sp³-hybridized carbons (Fsp3) is 0.364. The molecule has 4 heteroatoms. The highest BCUT2D eigenvalue weighted by Crippen LogP contribution is 2.57. The number of rotatable bonds is 2. The van der Waals surface area contributed by atoms with Crippen LogP contribution in [0.4, 0.5) is 11.4 Å². The molecule has 3 aliphatic rings. The molecule has 1 aliphatic carbocycles. The monoisotopic (exact) mass is 345 g/mol. The standard InChI is InChI=1S/C22H23N3O/c23-22(26)15-10-11-17-19(12-15)25-13-24-18-9-5-4-8-16(18)21(25)20(17)14-6-2-1-3-7-14/h4-5,8-14,20-21H,1-3,6-7H2,(H2,23,26). The van der Waals surface area contributed by atoms with Crippen molar-refractivity contribution in [2.24, 2.45) is 16.6 Å². The van der Waals surface area contributed by atoms with Gasteiger partial charge in [0.2, 0.25) is 5.91 Å². The fourth-order valence-corrected chi connectivity index (χ4v) is 5.16. The van der Waals surface area contributed by atoms with Gasteiger partial charge in [-0.05, 0) is 42.5 Å². The highest BCUT2D eigenvalue weighted by Gasteiger charge is 2.45. The predicted molar refractivity (Wildman–Crippen MR) is 104 cm³/mol.